The number of nitrogens with zero attached hydrogens (tertiary/aromatic N) is 1. The fourth-order valence-electron chi connectivity index (χ4n) is 4.66. The van der Waals surface area contributed by atoms with Crippen LogP contribution in [0.4, 0.5) is 0 Å². The molecule has 0 unspecified atom stereocenters. The van der Waals surface area contributed by atoms with Gasteiger partial charge in [0.1, 0.15) is 0 Å². The lowest BCUT2D eigenvalue weighted by atomic mass is 9.94. The summed E-state index contributed by atoms with van der Waals surface area (Å²) >= 11 is 4.02. The van der Waals surface area contributed by atoms with Crippen molar-refractivity contribution in [3.63, 3.8) is 0 Å². The van der Waals surface area contributed by atoms with Crippen LogP contribution in [0.1, 0.15) is 0 Å². The maximum Gasteiger partial charge on any atom is 0.0554 e. The Morgan fingerprint density at radius 2 is 1.09 bits per heavy atom. The summed E-state index contributed by atoms with van der Waals surface area (Å²) in [5, 5.41) is 2.52. The first-order chi connectivity index (χ1) is 15.8. The second-order valence-corrected chi connectivity index (χ2v) is 8.72. The van der Waals surface area contributed by atoms with Crippen molar-refractivity contribution in [2.45, 2.75) is 0 Å². The van der Waals surface area contributed by atoms with Crippen molar-refractivity contribution < 1.29 is 0 Å². The van der Waals surface area contributed by atoms with E-state index in [9.17, 15) is 0 Å². The summed E-state index contributed by atoms with van der Waals surface area (Å²) in [6.07, 6.45) is 0. The number of halogens is 1. The van der Waals surface area contributed by atoms with E-state index in [1.807, 2.05) is 0 Å². The van der Waals surface area contributed by atoms with Crippen LogP contribution in [0.5, 0.6) is 0 Å². The van der Waals surface area contributed by atoms with Crippen LogP contribution in [0, 0.1) is 0 Å². The molecule has 6 aromatic rings. The molecule has 0 aliphatic heterocycles. The molecule has 0 fully saturated rings. The average molecular weight is 474 g/mol. The summed E-state index contributed by atoms with van der Waals surface area (Å²) in [5.74, 6) is 0. The third kappa shape index (κ3) is 2.99. The monoisotopic (exact) mass is 473 g/mol. The highest BCUT2D eigenvalue weighted by Gasteiger charge is 2.21. The van der Waals surface area contributed by atoms with E-state index >= 15 is 0 Å². The maximum absolute atomic E-state index is 4.02. The van der Waals surface area contributed by atoms with Gasteiger partial charge in [0.2, 0.25) is 0 Å². The standard InChI is InChI=1S/C30H20BrN/c31-30-25(21-12-4-1-5-13-21)20-27-29(28(30)22-14-6-2-7-15-22)24-18-10-11-19-26(24)32(27)23-16-8-3-9-17-23/h1-20H. The summed E-state index contributed by atoms with van der Waals surface area (Å²) in [6, 6.07) is 43.0. The predicted octanol–water partition coefficient (Wildman–Crippen LogP) is 8.88. The van der Waals surface area contributed by atoms with Crippen LogP contribution < -0.4 is 0 Å². The highest BCUT2D eigenvalue weighted by molar-refractivity contribution is 9.10. The smallest absolute Gasteiger partial charge is 0.0554 e. The van der Waals surface area contributed by atoms with Crippen molar-refractivity contribution in [1.82, 2.24) is 4.57 Å². The van der Waals surface area contributed by atoms with E-state index in [4.69, 9.17) is 0 Å². The molecule has 0 saturated heterocycles. The Bertz CT molecular complexity index is 1550. The Morgan fingerprint density at radius 1 is 0.531 bits per heavy atom. The fraction of sp³-hybridized carbons (Fsp3) is 0. The van der Waals surface area contributed by atoms with Gasteiger partial charge in [0, 0.05) is 26.5 Å². The van der Waals surface area contributed by atoms with Gasteiger partial charge in [-0.15, -0.1) is 0 Å². The van der Waals surface area contributed by atoms with E-state index in [1.54, 1.807) is 0 Å². The van der Waals surface area contributed by atoms with Gasteiger partial charge in [0.15, 0.2) is 0 Å². The van der Waals surface area contributed by atoms with Crippen LogP contribution >= 0.6 is 15.9 Å². The van der Waals surface area contributed by atoms with Crippen molar-refractivity contribution in [3.05, 3.63) is 126 Å². The summed E-state index contributed by atoms with van der Waals surface area (Å²) in [5.41, 5.74) is 8.41. The molecule has 0 bridgehead atoms. The maximum atomic E-state index is 4.02. The van der Waals surface area contributed by atoms with Crippen molar-refractivity contribution in [1.29, 1.82) is 0 Å². The molecule has 32 heavy (non-hydrogen) atoms. The lowest BCUT2D eigenvalue weighted by molar-refractivity contribution is 1.18. The fourth-order valence-corrected chi connectivity index (χ4v) is 5.43. The van der Waals surface area contributed by atoms with Gasteiger partial charge in [-0.3, -0.25) is 0 Å². The first-order valence-electron chi connectivity index (χ1n) is 10.7. The number of rotatable bonds is 3. The van der Waals surface area contributed by atoms with Crippen LogP contribution in [-0.2, 0) is 0 Å². The third-order valence-electron chi connectivity index (χ3n) is 6.06. The number of hydrogen-bond acceptors (Lipinski definition) is 0. The van der Waals surface area contributed by atoms with Crippen LogP contribution in [-0.4, -0.2) is 4.57 Å². The molecule has 152 valence electrons. The summed E-state index contributed by atoms with van der Waals surface area (Å²) in [4.78, 5) is 0. The number of aromatic nitrogens is 1. The molecule has 0 aliphatic carbocycles. The predicted molar refractivity (Wildman–Crippen MR) is 139 cm³/mol. The van der Waals surface area contributed by atoms with Gasteiger partial charge in [-0.25, -0.2) is 0 Å². The Kier molecular flexibility index (Phi) is 4.66. The largest absolute Gasteiger partial charge is 0.309 e. The topological polar surface area (TPSA) is 4.93 Å². The molecule has 0 aliphatic rings. The van der Waals surface area contributed by atoms with Gasteiger partial charge in [-0.2, -0.15) is 0 Å². The average Bonchev–Trinajstić information content (AvgIpc) is 3.19. The van der Waals surface area contributed by atoms with E-state index in [-0.39, 0.29) is 0 Å². The Hall–Kier alpha value is -3.62. The number of benzene rings is 5. The molecule has 0 amide bonds. The van der Waals surface area contributed by atoms with Crippen LogP contribution in [0.2, 0.25) is 0 Å². The number of fused-ring (bicyclic) bond motifs is 3. The highest BCUT2D eigenvalue weighted by Crippen LogP contribution is 2.46. The molecular weight excluding hydrogens is 454 g/mol. The zero-order valence-corrected chi connectivity index (χ0v) is 19.0. The Morgan fingerprint density at radius 3 is 1.78 bits per heavy atom. The molecule has 2 heteroatoms. The van der Waals surface area contributed by atoms with Crippen molar-refractivity contribution in [2.24, 2.45) is 0 Å². The van der Waals surface area contributed by atoms with Crippen molar-refractivity contribution in [3.8, 4) is 27.9 Å². The molecule has 5 aromatic carbocycles. The lowest BCUT2D eigenvalue weighted by Crippen LogP contribution is -1.94. The molecule has 6 rings (SSSR count). The lowest BCUT2D eigenvalue weighted by Gasteiger charge is -2.15. The van der Waals surface area contributed by atoms with E-state index in [0.717, 1.165) is 4.47 Å². The van der Waals surface area contributed by atoms with Gasteiger partial charge >= 0.3 is 0 Å². The van der Waals surface area contributed by atoms with E-state index in [1.165, 1.54) is 49.7 Å². The summed E-state index contributed by atoms with van der Waals surface area (Å²) in [7, 11) is 0. The van der Waals surface area contributed by atoms with Gasteiger partial charge in [0.25, 0.3) is 0 Å². The minimum Gasteiger partial charge on any atom is -0.309 e. The first-order valence-corrected chi connectivity index (χ1v) is 11.5. The minimum atomic E-state index is 1.12. The van der Waals surface area contributed by atoms with E-state index in [0.29, 0.717) is 0 Å². The van der Waals surface area contributed by atoms with Crippen LogP contribution in [0.15, 0.2) is 126 Å². The number of hydrogen-bond donors (Lipinski definition) is 0. The molecule has 1 heterocycles. The molecule has 0 radical (unpaired) electrons. The molecular formula is C30H20BrN. The zero-order chi connectivity index (χ0) is 21.5. The zero-order valence-electron chi connectivity index (χ0n) is 17.4. The first kappa shape index (κ1) is 19.1. The number of para-hydroxylation sites is 2. The van der Waals surface area contributed by atoms with Crippen molar-refractivity contribution >= 4 is 37.7 Å². The van der Waals surface area contributed by atoms with Crippen molar-refractivity contribution in [2.75, 3.05) is 0 Å². The molecule has 1 nitrogen and oxygen atoms in total. The molecule has 0 saturated carbocycles. The Balaban J connectivity index is 1.85. The highest BCUT2D eigenvalue weighted by atomic mass is 79.9. The van der Waals surface area contributed by atoms with E-state index in [2.05, 4.69) is 142 Å². The Labute approximate surface area is 195 Å². The molecule has 0 spiro atoms. The summed E-state index contributed by atoms with van der Waals surface area (Å²) < 4.78 is 3.51. The van der Waals surface area contributed by atoms with E-state index < -0.39 is 0 Å². The summed E-state index contributed by atoms with van der Waals surface area (Å²) in [6.45, 7) is 0. The SMILES string of the molecule is Brc1c(-c2ccccc2)cc2c(c1-c1ccccc1)c1ccccc1n2-c1ccccc1. The second-order valence-electron chi connectivity index (χ2n) is 7.93. The second kappa shape index (κ2) is 7.81. The molecule has 0 N–H and O–H groups in total. The van der Waals surface area contributed by atoms with Gasteiger partial charge < -0.3 is 4.57 Å². The quantitative estimate of drug-likeness (QED) is 0.241. The minimum absolute atomic E-state index is 1.12. The van der Waals surface area contributed by atoms with Crippen LogP contribution in [0.3, 0.4) is 0 Å². The molecule has 0 atom stereocenters. The normalized spacial score (nSPS) is 11.3. The molecule has 1 aromatic heterocycles. The van der Waals surface area contributed by atoms with Crippen LogP contribution in [0.25, 0.3) is 49.7 Å². The van der Waals surface area contributed by atoms with Gasteiger partial charge in [-0.05, 0) is 56.9 Å². The third-order valence-corrected chi connectivity index (χ3v) is 6.88. The van der Waals surface area contributed by atoms with Gasteiger partial charge in [0.05, 0.1) is 11.0 Å². The van der Waals surface area contributed by atoms with Gasteiger partial charge in [-0.1, -0.05) is 97.1 Å².